The van der Waals surface area contributed by atoms with Gasteiger partial charge in [0, 0.05) is 12.2 Å². The molecule has 1 aromatic rings. The molecule has 1 heterocycles. The Morgan fingerprint density at radius 3 is 2.29 bits per heavy atom. The molecule has 1 aliphatic rings. The van der Waals surface area contributed by atoms with Crippen LogP contribution in [-0.2, 0) is 9.59 Å². The van der Waals surface area contributed by atoms with Crippen molar-refractivity contribution in [1.29, 1.82) is 0 Å². The van der Waals surface area contributed by atoms with E-state index in [1.807, 2.05) is 0 Å². The third kappa shape index (κ3) is 1.69. The Balaban J connectivity index is 2.63. The number of aromatic carboxylic acids is 1. The average Bonchev–Trinajstić information content (AvgIpc) is 2.59. The molecule has 6 heteroatoms. The van der Waals surface area contributed by atoms with Crippen LogP contribution in [0, 0.1) is 5.82 Å². The number of rotatable bonds is 2. The molecule has 0 saturated carbocycles. The van der Waals surface area contributed by atoms with E-state index >= 15 is 0 Å². The van der Waals surface area contributed by atoms with E-state index in [4.69, 9.17) is 5.11 Å². The molecule has 1 aromatic carbocycles. The van der Waals surface area contributed by atoms with Gasteiger partial charge in [0.25, 0.3) is 11.8 Å². The second-order valence-electron chi connectivity index (χ2n) is 3.29. The fourth-order valence-electron chi connectivity index (χ4n) is 1.54. The number of hydrogen-bond acceptors (Lipinski definition) is 3. The molecule has 2 rings (SSSR count). The van der Waals surface area contributed by atoms with Gasteiger partial charge in [0.1, 0.15) is 11.5 Å². The molecule has 0 aliphatic carbocycles. The molecule has 0 unspecified atom stereocenters. The van der Waals surface area contributed by atoms with Crippen LogP contribution >= 0.6 is 0 Å². The van der Waals surface area contributed by atoms with E-state index in [0.29, 0.717) is 4.90 Å². The van der Waals surface area contributed by atoms with Gasteiger partial charge in [-0.3, -0.25) is 9.59 Å². The Bertz CT molecular complexity index is 547. The van der Waals surface area contributed by atoms with Gasteiger partial charge in [-0.25, -0.2) is 14.1 Å². The van der Waals surface area contributed by atoms with Crippen molar-refractivity contribution in [3.05, 3.63) is 41.7 Å². The van der Waals surface area contributed by atoms with Crippen LogP contribution in [0.5, 0.6) is 0 Å². The Kier molecular flexibility index (Phi) is 2.47. The lowest BCUT2D eigenvalue weighted by molar-refractivity contribution is -0.120. The largest absolute Gasteiger partial charge is 0.478 e. The highest BCUT2D eigenvalue weighted by atomic mass is 19.1. The first-order valence-corrected chi connectivity index (χ1v) is 4.60. The lowest BCUT2D eigenvalue weighted by atomic mass is 10.1. The summed E-state index contributed by atoms with van der Waals surface area (Å²) in [6.07, 6.45) is 1.92. The molecule has 86 valence electrons. The third-order valence-electron chi connectivity index (χ3n) is 2.25. The molecule has 17 heavy (non-hydrogen) atoms. The summed E-state index contributed by atoms with van der Waals surface area (Å²) in [5.74, 6) is -3.87. The van der Waals surface area contributed by atoms with Gasteiger partial charge >= 0.3 is 5.97 Å². The van der Waals surface area contributed by atoms with Gasteiger partial charge in [0.2, 0.25) is 0 Å². The van der Waals surface area contributed by atoms with Gasteiger partial charge in [-0.15, -0.1) is 0 Å². The predicted molar refractivity (Wildman–Crippen MR) is 55.0 cm³/mol. The quantitative estimate of drug-likeness (QED) is 0.774. The van der Waals surface area contributed by atoms with Crippen LogP contribution < -0.4 is 4.90 Å². The fourth-order valence-corrected chi connectivity index (χ4v) is 1.54. The Hall–Kier alpha value is -2.50. The molecule has 1 aliphatic heterocycles. The molecule has 0 fully saturated rings. The van der Waals surface area contributed by atoms with Crippen LogP contribution in [0.2, 0.25) is 0 Å². The summed E-state index contributed by atoms with van der Waals surface area (Å²) in [5.41, 5.74) is -0.963. The zero-order valence-corrected chi connectivity index (χ0v) is 8.38. The van der Waals surface area contributed by atoms with Gasteiger partial charge in [-0.2, -0.15) is 0 Å². The van der Waals surface area contributed by atoms with Gasteiger partial charge < -0.3 is 5.11 Å². The standard InChI is InChI=1S/C11H6FNO4/c12-7-3-1-2-6(11(16)17)10(7)13-8(14)4-5-9(13)15/h1-5H,(H,16,17). The molecule has 1 N–H and O–H groups in total. The lowest BCUT2D eigenvalue weighted by Crippen LogP contribution is -2.32. The minimum Gasteiger partial charge on any atom is -0.478 e. The van der Waals surface area contributed by atoms with Crippen molar-refractivity contribution in [2.24, 2.45) is 0 Å². The van der Waals surface area contributed by atoms with Crippen LogP contribution in [0.15, 0.2) is 30.4 Å². The molecule has 0 bridgehead atoms. The highest BCUT2D eigenvalue weighted by Crippen LogP contribution is 2.27. The summed E-state index contributed by atoms with van der Waals surface area (Å²) in [5, 5.41) is 8.89. The molecule has 2 amide bonds. The second-order valence-corrected chi connectivity index (χ2v) is 3.29. The SMILES string of the molecule is O=C(O)c1cccc(F)c1N1C(=O)C=CC1=O. The van der Waals surface area contributed by atoms with E-state index in [2.05, 4.69) is 0 Å². The normalized spacial score (nSPS) is 14.5. The van der Waals surface area contributed by atoms with E-state index in [1.165, 1.54) is 6.07 Å². The number of halogens is 1. The van der Waals surface area contributed by atoms with E-state index in [0.717, 1.165) is 24.3 Å². The first-order chi connectivity index (χ1) is 8.02. The number of carboxylic acid groups (broad SMARTS) is 1. The number of carboxylic acids is 1. The molecule has 0 aromatic heterocycles. The summed E-state index contributed by atoms with van der Waals surface area (Å²) in [7, 11) is 0. The first-order valence-electron chi connectivity index (χ1n) is 4.60. The highest BCUT2D eigenvalue weighted by molar-refractivity contribution is 6.29. The fraction of sp³-hybridized carbons (Fsp3) is 0. The molecule has 0 saturated heterocycles. The van der Waals surface area contributed by atoms with Crippen molar-refractivity contribution in [2.45, 2.75) is 0 Å². The minimum atomic E-state index is -1.41. The summed E-state index contributed by atoms with van der Waals surface area (Å²) < 4.78 is 13.6. The maximum Gasteiger partial charge on any atom is 0.337 e. The van der Waals surface area contributed by atoms with Crippen molar-refractivity contribution in [2.75, 3.05) is 4.90 Å². The van der Waals surface area contributed by atoms with Gasteiger partial charge in [0.05, 0.1) is 5.56 Å². The number of carbonyl (C=O) groups is 3. The van der Waals surface area contributed by atoms with E-state index in [1.54, 1.807) is 0 Å². The molecular weight excluding hydrogens is 229 g/mol. The Morgan fingerprint density at radius 2 is 1.76 bits per heavy atom. The molecular formula is C11H6FNO4. The minimum absolute atomic E-state index is 0.435. The summed E-state index contributed by atoms with van der Waals surface area (Å²) in [6, 6.07) is 3.31. The van der Waals surface area contributed by atoms with Gasteiger partial charge in [-0.05, 0) is 12.1 Å². The van der Waals surface area contributed by atoms with Crippen molar-refractivity contribution < 1.29 is 23.9 Å². The van der Waals surface area contributed by atoms with Crippen LogP contribution in [0.25, 0.3) is 0 Å². The van der Waals surface area contributed by atoms with E-state index in [9.17, 15) is 18.8 Å². The number of anilines is 1. The van der Waals surface area contributed by atoms with Crippen LogP contribution in [0.4, 0.5) is 10.1 Å². The van der Waals surface area contributed by atoms with Crippen molar-refractivity contribution in [3.8, 4) is 0 Å². The third-order valence-corrected chi connectivity index (χ3v) is 2.25. The summed E-state index contributed by atoms with van der Waals surface area (Å²) >= 11 is 0. The lowest BCUT2D eigenvalue weighted by Gasteiger charge is -2.16. The maximum atomic E-state index is 13.6. The number of amides is 2. The van der Waals surface area contributed by atoms with E-state index < -0.39 is 34.9 Å². The number of carbonyl (C=O) groups excluding carboxylic acids is 2. The zero-order valence-electron chi connectivity index (χ0n) is 8.38. The van der Waals surface area contributed by atoms with Crippen LogP contribution in [0.3, 0.4) is 0 Å². The first kappa shape index (κ1) is 11.0. The topological polar surface area (TPSA) is 74.7 Å². The van der Waals surface area contributed by atoms with Gasteiger partial charge in [0.15, 0.2) is 0 Å². The number of imide groups is 1. The number of hydrogen-bond donors (Lipinski definition) is 1. The number of para-hydroxylation sites is 1. The highest BCUT2D eigenvalue weighted by Gasteiger charge is 2.31. The van der Waals surface area contributed by atoms with Crippen molar-refractivity contribution in [3.63, 3.8) is 0 Å². The molecule has 0 atom stereocenters. The average molecular weight is 235 g/mol. The number of nitrogens with zero attached hydrogens (tertiary/aromatic N) is 1. The molecule has 5 nitrogen and oxygen atoms in total. The maximum absolute atomic E-state index is 13.6. The van der Waals surface area contributed by atoms with Crippen molar-refractivity contribution >= 4 is 23.5 Å². The van der Waals surface area contributed by atoms with Crippen molar-refractivity contribution in [1.82, 2.24) is 0 Å². The number of benzene rings is 1. The Morgan fingerprint density at radius 1 is 1.18 bits per heavy atom. The summed E-state index contributed by atoms with van der Waals surface area (Å²) in [6.45, 7) is 0. The molecule has 0 spiro atoms. The Labute approximate surface area is 94.8 Å². The predicted octanol–water partition coefficient (Wildman–Crippen LogP) is 0.953. The zero-order chi connectivity index (χ0) is 12.6. The van der Waals surface area contributed by atoms with Crippen LogP contribution in [0.1, 0.15) is 10.4 Å². The second kappa shape index (κ2) is 3.82. The van der Waals surface area contributed by atoms with E-state index in [-0.39, 0.29) is 0 Å². The monoisotopic (exact) mass is 235 g/mol. The summed E-state index contributed by atoms with van der Waals surface area (Å²) in [4.78, 5) is 34.1. The smallest absolute Gasteiger partial charge is 0.337 e. The van der Waals surface area contributed by atoms with Crippen LogP contribution in [-0.4, -0.2) is 22.9 Å². The van der Waals surface area contributed by atoms with Gasteiger partial charge in [-0.1, -0.05) is 6.07 Å². The molecule has 0 radical (unpaired) electrons.